The Bertz CT molecular complexity index is 313. The molecule has 0 radical (unpaired) electrons. The molecule has 1 saturated carbocycles. The molecule has 0 aromatic carbocycles. The number of hydrogen-bond donors (Lipinski definition) is 1. The fourth-order valence-electron chi connectivity index (χ4n) is 2.43. The lowest BCUT2D eigenvalue weighted by Crippen LogP contribution is -2.42. The lowest BCUT2D eigenvalue weighted by Gasteiger charge is -2.22. The quantitative estimate of drug-likeness (QED) is 0.698. The zero-order valence-corrected chi connectivity index (χ0v) is 8.83. The van der Waals surface area contributed by atoms with E-state index < -0.39 is 5.41 Å². The number of amides is 1. The molecule has 3 nitrogen and oxygen atoms in total. The molecule has 0 aromatic rings. The second-order valence-electron chi connectivity index (χ2n) is 4.51. The maximum atomic E-state index is 12.0. The average molecular weight is 204 g/mol. The largest absolute Gasteiger partial charge is 0.351 e. The summed E-state index contributed by atoms with van der Waals surface area (Å²) >= 11 is 0. The Morgan fingerprint density at radius 1 is 1.33 bits per heavy atom. The smallest absolute Gasteiger partial charge is 0.240 e. The molecule has 3 heteroatoms. The van der Waals surface area contributed by atoms with Gasteiger partial charge in [-0.2, -0.15) is 5.26 Å². The van der Waals surface area contributed by atoms with Crippen LogP contribution in [0.25, 0.3) is 0 Å². The van der Waals surface area contributed by atoms with Crippen LogP contribution in [0.15, 0.2) is 12.2 Å². The molecule has 0 spiro atoms. The van der Waals surface area contributed by atoms with Gasteiger partial charge in [-0.3, -0.25) is 4.79 Å². The summed E-state index contributed by atoms with van der Waals surface area (Å²) in [5.41, 5.74) is -0.720. The van der Waals surface area contributed by atoms with E-state index in [2.05, 4.69) is 23.5 Å². The minimum Gasteiger partial charge on any atom is -0.351 e. The Balaban J connectivity index is 1.97. The topological polar surface area (TPSA) is 52.9 Å². The zero-order valence-electron chi connectivity index (χ0n) is 8.83. The molecule has 0 heterocycles. The number of carbonyl (C=O) groups excluding carboxylic acids is 1. The van der Waals surface area contributed by atoms with Crippen LogP contribution >= 0.6 is 0 Å². The summed E-state index contributed by atoms with van der Waals surface area (Å²) in [5, 5.41) is 12.1. The van der Waals surface area contributed by atoms with E-state index in [4.69, 9.17) is 5.26 Å². The highest BCUT2D eigenvalue weighted by molar-refractivity contribution is 5.86. The van der Waals surface area contributed by atoms with Gasteiger partial charge >= 0.3 is 0 Å². The second kappa shape index (κ2) is 4.06. The lowest BCUT2D eigenvalue weighted by atomic mass is 9.86. The van der Waals surface area contributed by atoms with Crippen molar-refractivity contribution in [3.05, 3.63) is 12.2 Å². The first kappa shape index (κ1) is 10.2. The summed E-state index contributed by atoms with van der Waals surface area (Å²) in [7, 11) is 0. The lowest BCUT2D eigenvalue weighted by molar-refractivity contribution is -0.128. The van der Waals surface area contributed by atoms with Crippen molar-refractivity contribution < 1.29 is 4.79 Å². The maximum absolute atomic E-state index is 12.0. The number of hydrogen-bond acceptors (Lipinski definition) is 2. The maximum Gasteiger partial charge on any atom is 0.240 e. The van der Waals surface area contributed by atoms with Gasteiger partial charge < -0.3 is 5.32 Å². The van der Waals surface area contributed by atoms with E-state index in [9.17, 15) is 4.79 Å². The van der Waals surface area contributed by atoms with Crippen molar-refractivity contribution in [1.82, 2.24) is 5.32 Å². The normalized spacial score (nSPS) is 23.9. The van der Waals surface area contributed by atoms with Crippen LogP contribution < -0.4 is 5.32 Å². The van der Waals surface area contributed by atoms with Gasteiger partial charge in [-0.1, -0.05) is 25.0 Å². The molecule has 80 valence electrons. The fraction of sp³-hybridized carbons (Fsp3) is 0.667. The van der Waals surface area contributed by atoms with E-state index in [-0.39, 0.29) is 11.9 Å². The van der Waals surface area contributed by atoms with Crippen molar-refractivity contribution in [3.8, 4) is 6.07 Å². The van der Waals surface area contributed by atoms with Crippen LogP contribution in [0.3, 0.4) is 0 Å². The van der Waals surface area contributed by atoms with Gasteiger partial charge in [-0.05, 0) is 25.7 Å². The summed E-state index contributed by atoms with van der Waals surface area (Å²) in [4.78, 5) is 12.0. The van der Waals surface area contributed by atoms with E-state index >= 15 is 0 Å². The van der Waals surface area contributed by atoms with Gasteiger partial charge in [0, 0.05) is 6.04 Å². The first-order chi connectivity index (χ1) is 7.27. The van der Waals surface area contributed by atoms with Gasteiger partial charge in [0.1, 0.15) is 5.41 Å². The predicted molar refractivity (Wildman–Crippen MR) is 56.8 cm³/mol. The fourth-order valence-corrected chi connectivity index (χ4v) is 2.43. The van der Waals surface area contributed by atoms with E-state index in [0.29, 0.717) is 0 Å². The highest BCUT2D eigenvalue weighted by Crippen LogP contribution is 2.37. The molecular weight excluding hydrogens is 188 g/mol. The van der Waals surface area contributed by atoms with Crippen LogP contribution in [-0.4, -0.2) is 11.9 Å². The number of rotatable bonds is 2. The van der Waals surface area contributed by atoms with E-state index in [1.807, 2.05) is 0 Å². The molecule has 0 aliphatic heterocycles. The molecule has 0 atom stereocenters. The monoisotopic (exact) mass is 204 g/mol. The van der Waals surface area contributed by atoms with Gasteiger partial charge in [0.2, 0.25) is 5.91 Å². The molecule has 1 fully saturated rings. The van der Waals surface area contributed by atoms with Gasteiger partial charge in [0.05, 0.1) is 6.07 Å². The summed E-state index contributed by atoms with van der Waals surface area (Å²) in [6.45, 7) is 0. The Labute approximate surface area is 90.2 Å². The average Bonchev–Trinajstić information content (AvgIpc) is 2.87. The predicted octanol–water partition coefficient (Wildman–Crippen LogP) is 1.91. The molecule has 0 aromatic heterocycles. The molecule has 15 heavy (non-hydrogen) atoms. The Kier molecular flexibility index (Phi) is 2.77. The highest BCUT2D eigenvalue weighted by atomic mass is 16.2. The van der Waals surface area contributed by atoms with Crippen molar-refractivity contribution in [1.29, 1.82) is 5.26 Å². The number of carbonyl (C=O) groups is 1. The number of nitriles is 1. The van der Waals surface area contributed by atoms with E-state index in [1.165, 1.54) is 0 Å². The Morgan fingerprint density at radius 3 is 2.47 bits per heavy atom. The third-order valence-corrected chi connectivity index (χ3v) is 3.45. The molecule has 1 amide bonds. The molecule has 0 saturated heterocycles. The minimum atomic E-state index is -0.720. The molecule has 0 unspecified atom stereocenters. The standard InChI is InChI=1S/C12H16N2O/c13-9-12(7-3-4-8-12)11(15)14-10-5-1-2-6-10/h1-2,10H,3-8H2,(H,14,15). The third-order valence-electron chi connectivity index (χ3n) is 3.45. The highest BCUT2D eigenvalue weighted by Gasteiger charge is 2.42. The van der Waals surface area contributed by atoms with Crippen LogP contribution in [0, 0.1) is 16.7 Å². The van der Waals surface area contributed by atoms with Crippen molar-refractivity contribution in [2.45, 2.75) is 44.6 Å². The van der Waals surface area contributed by atoms with Crippen LogP contribution in [-0.2, 0) is 4.79 Å². The Morgan fingerprint density at radius 2 is 1.93 bits per heavy atom. The summed E-state index contributed by atoms with van der Waals surface area (Å²) < 4.78 is 0. The van der Waals surface area contributed by atoms with E-state index in [1.54, 1.807) is 0 Å². The third kappa shape index (κ3) is 1.90. The van der Waals surface area contributed by atoms with Crippen LogP contribution in [0.5, 0.6) is 0 Å². The molecule has 2 rings (SSSR count). The molecule has 2 aliphatic rings. The van der Waals surface area contributed by atoms with Crippen LogP contribution in [0.1, 0.15) is 38.5 Å². The van der Waals surface area contributed by atoms with Crippen molar-refractivity contribution in [2.24, 2.45) is 5.41 Å². The van der Waals surface area contributed by atoms with Gasteiger partial charge in [-0.15, -0.1) is 0 Å². The van der Waals surface area contributed by atoms with Crippen LogP contribution in [0.2, 0.25) is 0 Å². The molecule has 2 aliphatic carbocycles. The zero-order chi connectivity index (χ0) is 10.7. The van der Waals surface area contributed by atoms with Crippen molar-refractivity contribution in [2.75, 3.05) is 0 Å². The molecule has 0 bridgehead atoms. The van der Waals surface area contributed by atoms with Gasteiger partial charge in [-0.25, -0.2) is 0 Å². The molecule has 1 N–H and O–H groups in total. The van der Waals surface area contributed by atoms with Gasteiger partial charge in [0.25, 0.3) is 0 Å². The summed E-state index contributed by atoms with van der Waals surface area (Å²) in [5.74, 6) is -0.0452. The van der Waals surface area contributed by atoms with Crippen molar-refractivity contribution in [3.63, 3.8) is 0 Å². The van der Waals surface area contributed by atoms with Crippen LogP contribution in [0.4, 0.5) is 0 Å². The summed E-state index contributed by atoms with van der Waals surface area (Å²) in [6, 6.07) is 2.44. The SMILES string of the molecule is N#CC1(C(=O)NC2CC=CC2)CCCC1. The van der Waals surface area contributed by atoms with Gasteiger partial charge in [0.15, 0.2) is 0 Å². The first-order valence-corrected chi connectivity index (χ1v) is 5.64. The number of nitrogens with zero attached hydrogens (tertiary/aromatic N) is 1. The first-order valence-electron chi connectivity index (χ1n) is 5.64. The van der Waals surface area contributed by atoms with E-state index in [0.717, 1.165) is 38.5 Å². The Hall–Kier alpha value is -1.30. The molecular formula is C12H16N2O. The minimum absolute atomic E-state index is 0.0452. The van der Waals surface area contributed by atoms with Crippen molar-refractivity contribution >= 4 is 5.91 Å². The summed E-state index contributed by atoms with van der Waals surface area (Å²) in [6.07, 6.45) is 9.45. The number of nitrogens with one attached hydrogen (secondary N) is 1. The second-order valence-corrected chi connectivity index (χ2v) is 4.51.